The molecule has 0 aromatic carbocycles. The van der Waals surface area contributed by atoms with Crippen molar-refractivity contribution >= 4 is 12.0 Å². The van der Waals surface area contributed by atoms with E-state index in [9.17, 15) is 9.59 Å². The van der Waals surface area contributed by atoms with Crippen LogP contribution >= 0.6 is 0 Å². The second-order valence-electron chi connectivity index (χ2n) is 5.97. The molecule has 0 bridgehead atoms. The lowest BCUT2D eigenvalue weighted by atomic mass is 9.85. The van der Waals surface area contributed by atoms with Gasteiger partial charge in [-0.1, -0.05) is 27.7 Å². The average Bonchev–Trinajstić information content (AvgIpc) is 2.36. The number of alkyl carbamates (subject to hydrolysis) is 1. The van der Waals surface area contributed by atoms with Gasteiger partial charge in [0.2, 0.25) is 5.91 Å². The number of piperidine rings is 1. The number of hydrogen-bond donors (Lipinski definition) is 1. The molecule has 1 fully saturated rings. The van der Waals surface area contributed by atoms with Crippen LogP contribution in [0.15, 0.2) is 0 Å². The SMILES string of the molecule is COC(=O)NC1CC(C(C)C)CN(C(=O)C(C)C)C1. The van der Waals surface area contributed by atoms with Gasteiger partial charge in [-0.3, -0.25) is 4.79 Å². The number of carbonyl (C=O) groups is 2. The van der Waals surface area contributed by atoms with Crippen LogP contribution in [0.3, 0.4) is 0 Å². The molecule has 0 spiro atoms. The van der Waals surface area contributed by atoms with Gasteiger partial charge < -0.3 is 15.0 Å². The highest BCUT2D eigenvalue weighted by Gasteiger charge is 2.33. The fourth-order valence-electron chi connectivity index (χ4n) is 2.50. The van der Waals surface area contributed by atoms with Crippen molar-refractivity contribution in [3.05, 3.63) is 0 Å². The number of amides is 2. The fourth-order valence-corrected chi connectivity index (χ4v) is 2.50. The van der Waals surface area contributed by atoms with Crippen molar-refractivity contribution in [1.82, 2.24) is 10.2 Å². The minimum atomic E-state index is -0.425. The van der Waals surface area contributed by atoms with Crippen molar-refractivity contribution in [3.8, 4) is 0 Å². The van der Waals surface area contributed by atoms with Crippen LogP contribution in [-0.4, -0.2) is 43.1 Å². The Kier molecular flexibility index (Phi) is 5.63. The summed E-state index contributed by atoms with van der Waals surface area (Å²) in [6.07, 6.45) is 0.473. The number of rotatable bonds is 3. The molecule has 1 rings (SSSR count). The zero-order valence-electron chi connectivity index (χ0n) is 12.6. The van der Waals surface area contributed by atoms with E-state index < -0.39 is 6.09 Å². The standard InChI is InChI=1S/C14H26N2O3/c1-9(2)11-6-12(15-14(18)19-5)8-16(7-11)13(17)10(3)4/h9-12H,6-8H2,1-5H3,(H,15,18). The molecule has 1 N–H and O–H groups in total. The topological polar surface area (TPSA) is 58.6 Å². The van der Waals surface area contributed by atoms with Crippen LogP contribution in [0.5, 0.6) is 0 Å². The number of hydrogen-bond acceptors (Lipinski definition) is 3. The maximum absolute atomic E-state index is 12.1. The van der Waals surface area contributed by atoms with Crippen molar-refractivity contribution in [3.63, 3.8) is 0 Å². The van der Waals surface area contributed by atoms with E-state index in [1.807, 2.05) is 18.7 Å². The van der Waals surface area contributed by atoms with Crippen molar-refractivity contribution in [2.45, 2.75) is 40.2 Å². The number of nitrogens with one attached hydrogen (secondary N) is 1. The van der Waals surface area contributed by atoms with Gasteiger partial charge in [-0.15, -0.1) is 0 Å². The predicted molar refractivity (Wildman–Crippen MR) is 73.7 cm³/mol. The van der Waals surface area contributed by atoms with Gasteiger partial charge in [0.25, 0.3) is 0 Å². The van der Waals surface area contributed by atoms with Gasteiger partial charge in [0.1, 0.15) is 0 Å². The van der Waals surface area contributed by atoms with Crippen LogP contribution in [0.25, 0.3) is 0 Å². The van der Waals surface area contributed by atoms with Crippen LogP contribution in [0, 0.1) is 17.8 Å². The lowest BCUT2D eigenvalue weighted by molar-refractivity contribution is -0.137. The zero-order valence-corrected chi connectivity index (χ0v) is 12.6. The monoisotopic (exact) mass is 270 g/mol. The van der Waals surface area contributed by atoms with Crippen LogP contribution in [-0.2, 0) is 9.53 Å². The first kappa shape index (κ1) is 15.8. The molecule has 0 saturated carbocycles. The number of likely N-dealkylation sites (tertiary alicyclic amines) is 1. The van der Waals surface area contributed by atoms with Gasteiger partial charge in [-0.2, -0.15) is 0 Å². The summed E-state index contributed by atoms with van der Waals surface area (Å²) in [6.45, 7) is 9.49. The molecule has 1 aliphatic rings. The largest absolute Gasteiger partial charge is 0.453 e. The molecule has 5 nitrogen and oxygen atoms in total. The Labute approximate surface area is 115 Å². The summed E-state index contributed by atoms with van der Waals surface area (Å²) in [4.78, 5) is 25.4. The van der Waals surface area contributed by atoms with Crippen LogP contribution < -0.4 is 5.32 Å². The Bertz CT molecular complexity index is 329. The van der Waals surface area contributed by atoms with Gasteiger partial charge in [0.05, 0.1) is 13.2 Å². The number of carbonyl (C=O) groups excluding carboxylic acids is 2. The Morgan fingerprint density at radius 3 is 2.32 bits per heavy atom. The maximum Gasteiger partial charge on any atom is 0.407 e. The third-order valence-electron chi connectivity index (χ3n) is 3.74. The van der Waals surface area contributed by atoms with Gasteiger partial charge in [0, 0.05) is 19.0 Å². The highest BCUT2D eigenvalue weighted by Crippen LogP contribution is 2.25. The molecule has 1 aliphatic heterocycles. The molecule has 1 saturated heterocycles. The molecule has 19 heavy (non-hydrogen) atoms. The normalized spacial score (nSPS) is 23.6. The fraction of sp³-hybridized carbons (Fsp3) is 0.857. The number of methoxy groups -OCH3 is 1. The Morgan fingerprint density at radius 2 is 1.84 bits per heavy atom. The van der Waals surface area contributed by atoms with E-state index in [4.69, 9.17) is 0 Å². The van der Waals surface area contributed by atoms with Gasteiger partial charge in [-0.05, 0) is 18.3 Å². The Morgan fingerprint density at radius 1 is 1.21 bits per heavy atom. The van der Waals surface area contributed by atoms with E-state index in [0.717, 1.165) is 13.0 Å². The Hall–Kier alpha value is -1.26. The van der Waals surface area contributed by atoms with Crippen molar-refractivity contribution in [2.75, 3.05) is 20.2 Å². The molecule has 0 aromatic heterocycles. The quantitative estimate of drug-likeness (QED) is 0.851. The molecule has 110 valence electrons. The minimum Gasteiger partial charge on any atom is -0.453 e. The zero-order chi connectivity index (χ0) is 14.6. The summed E-state index contributed by atoms with van der Waals surface area (Å²) < 4.78 is 4.64. The molecule has 2 amide bonds. The number of nitrogens with zero attached hydrogens (tertiary/aromatic N) is 1. The molecule has 0 aliphatic carbocycles. The van der Waals surface area contributed by atoms with Gasteiger partial charge >= 0.3 is 6.09 Å². The summed E-state index contributed by atoms with van der Waals surface area (Å²) in [7, 11) is 1.36. The summed E-state index contributed by atoms with van der Waals surface area (Å²) in [6, 6.07) is -0.0173. The van der Waals surface area contributed by atoms with Gasteiger partial charge in [0.15, 0.2) is 0 Å². The smallest absolute Gasteiger partial charge is 0.407 e. The first-order valence-corrected chi connectivity index (χ1v) is 6.98. The van der Waals surface area contributed by atoms with E-state index in [2.05, 4.69) is 23.9 Å². The summed E-state index contributed by atoms with van der Waals surface area (Å²) in [5, 5.41) is 2.82. The molecular formula is C14H26N2O3. The van der Waals surface area contributed by atoms with Crippen LogP contribution in [0.2, 0.25) is 0 Å². The molecule has 2 unspecified atom stereocenters. The lowest BCUT2D eigenvalue weighted by Gasteiger charge is -2.40. The first-order valence-electron chi connectivity index (χ1n) is 6.98. The highest BCUT2D eigenvalue weighted by molar-refractivity contribution is 5.78. The molecule has 1 heterocycles. The summed E-state index contributed by atoms with van der Waals surface area (Å²) >= 11 is 0. The maximum atomic E-state index is 12.1. The molecule has 0 aromatic rings. The van der Waals surface area contributed by atoms with E-state index in [0.29, 0.717) is 18.4 Å². The van der Waals surface area contributed by atoms with Gasteiger partial charge in [-0.25, -0.2) is 4.79 Å². The summed E-state index contributed by atoms with van der Waals surface area (Å²) in [5.74, 6) is 1.05. The molecule has 2 atom stereocenters. The van der Waals surface area contributed by atoms with Crippen LogP contribution in [0.1, 0.15) is 34.1 Å². The highest BCUT2D eigenvalue weighted by atomic mass is 16.5. The van der Waals surface area contributed by atoms with E-state index >= 15 is 0 Å². The van der Waals surface area contributed by atoms with E-state index in [-0.39, 0.29) is 17.9 Å². The average molecular weight is 270 g/mol. The predicted octanol–water partition coefficient (Wildman–Crippen LogP) is 1.87. The van der Waals surface area contributed by atoms with Crippen molar-refractivity contribution < 1.29 is 14.3 Å². The van der Waals surface area contributed by atoms with Crippen LogP contribution in [0.4, 0.5) is 4.79 Å². The lowest BCUT2D eigenvalue weighted by Crippen LogP contribution is -2.54. The molecule has 0 radical (unpaired) electrons. The number of ether oxygens (including phenoxy) is 1. The molecular weight excluding hydrogens is 244 g/mol. The van der Waals surface area contributed by atoms with E-state index in [1.165, 1.54) is 7.11 Å². The van der Waals surface area contributed by atoms with E-state index in [1.54, 1.807) is 0 Å². The third kappa shape index (κ3) is 4.40. The second-order valence-corrected chi connectivity index (χ2v) is 5.97. The molecule has 5 heteroatoms. The Balaban J connectivity index is 2.73. The third-order valence-corrected chi connectivity index (χ3v) is 3.74. The minimum absolute atomic E-state index is 0.00955. The van der Waals surface area contributed by atoms with Crippen molar-refractivity contribution in [2.24, 2.45) is 17.8 Å². The summed E-state index contributed by atoms with van der Waals surface area (Å²) in [5.41, 5.74) is 0. The van der Waals surface area contributed by atoms with Crippen molar-refractivity contribution in [1.29, 1.82) is 0 Å². The first-order chi connectivity index (χ1) is 8.85. The second kappa shape index (κ2) is 6.78.